The van der Waals surface area contributed by atoms with Crippen LogP contribution in [0.4, 0.5) is 9.18 Å². The quantitative estimate of drug-likeness (QED) is 0.784. The highest BCUT2D eigenvalue weighted by Gasteiger charge is 2.51. The lowest BCUT2D eigenvalue weighted by molar-refractivity contribution is -0.140. The summed E-state index contributed by atoms with van der Waals surface area (Å²) in [5.74, 6) is -0.699. The van der Waals surface area contributed by atoms with Crippen LogP contribution in [-0.2, 0) is 9.59 Å². The summed E-state index contributed by atoms with van der Waals surface area (Å²) in [6, 6.07) is 5.80. The van der Waals surface area contributed by atoms with Gasteiger partial charge >= 0.3 is 6.03 Å². The summed E-state index contributed by atoms with van der Waals surface area (Å²) in [7, 11) is 0. The minimum atomic E-state index is -0.809. The van der Waals surface area contributed by atoms with Crippen LogP contribution in [0.5, 0.6) is 5.75 Å². The smallest absolute Gasteiger partial charge is 0.325 e. The lowest BCUT2D eigenvalue weighted by Gasteiger charge is -2.33. The fourth-order valence-electron chi connectivity index (χ4n) is 4.49. The monoisotopic (exact) mass is 403 g/mol. The number of para-hydroxylation sites is 1. The van der Waals surface area contributed by atoms with E-state index in [9.17, 15) is 18.8 Å². The number of imide groups is 1. The number of ether oxygens (including phenoxy) is 1. The maximum absolute atomic E-state index is 13.7. The van der Waals surface area contributed by atoms with Crippen molar-refractivity contribution in [1.29, 1.82) is 0 Å². The van der Waals surface area contributed by atoms with Gasteiger partial charge in [-0.25, -0.2) is 9.18 Å². The number of urea groups is 1. The second kappa shape index (κ2) is 8.00. The number of hydrogen-bond acceptors (Lipinski definition) is 4. The summed E-state index contributed by atoms with van der Waals surface area (Å²) in [5.41, 5.74) is -0.809. The molecule has 1 aliphatic carbocycles. The van der Waals surface area contributed by atoms with Gasteiger partial charge in [-0.05, 0) is 25.0 Å². The summed E-state index contributed by atoms with van der Waals surface area (Å²) >= 11 is 0. The van der Waals surface area contributed by atoms with Gasteiger partial charge in [-0.15, -0.1) is 0 Å². The molecule has 0 bridgehead atoms. The number of nitrogens with zero attached hydrogens (tertiary/aromatic N) is 2. The van der Waals surface area contributed by atoms with E-state index < -0.39 is 17.4 Å². The van der Waals surface area contributed by atoms with Crippen LogP contribution in [0, 0.1) is 5.82 Å². The van der Waals surface area contributed by atoms with Crippen LogP contribution >= 0.6 is 0 Å². The Hall–Kier alpha value is -2.64. The van der Waals surface area contributed by atoms with Crippen molar-refractivity contribution in [3.05, 3.63) is 30.1 Å². The Morgan fingerprint density at radius 1 is 1.14 bits per heavy atom. The van der Waals surface area contributed by atoms with Gasteiger partial charge in [-0.1, -0.05) is 31.4 Å². The Morgan fingerprint density at radius 3 is 2.52 bits per heavy atom. The molecule has 0 atom stereocenters. The van der Waals surface area contributed by atoms with Crippen molar-refractivity contribution in [3.8, 4) is 5.75 Å². The van der Waals surface area contributed by atoms with Gasteiger partial charge in [0, 0.05) is 25.9 Å². The standard InChI is InChI=1S/C21H26FN3O4/c22-16-6-2-3-7-17(16)29-15-8-12-24(13-9-15)18(26)14-25-19(27)21(23-20(25)28)10-4-1-5-11-21/h2-3,6-7,15H,1,4-5,8-14H2,(H,23,28). The van der Waals surface area contributed by atoms with Gasteiger partial charge in [0.25, 0.3) is 5.91 Å². The minimum Gasteiger partial charge on any atom is -0.487 e. The second-order valence-electron chi connectivity index (χ2n) is 8.09. The highest BCUT2D eigenvalue weighted by atomic mass is 19.1. The van der Waals surface area contributed by atoms with Gasteiger partial charge in [-0.2, -0.15) is 0 Å². The number of carbonyl (C=O) groups excluding carboxylic acids is 3. The van der Waals surface area contributed by atoms with E-state index in [0.717, 1.165) is 24.2 Å². The molecule has 4 amide bonds. The summed E-state index contributed by atoms with van der Waals surface area (Å²) in [6.07, 6.45) is 5.13. The molecule has 1 saturated carbocycles. The van der Waals surface area contributed by atoms with Crippen LogP contribution in [0.15, 0.2) is 24.3 Å². The maximum atomic E-state index is 13.7. The lowest BCUT2D eigenvalue weighted by atomic mass is 9.82. The first-order valence-corrected chi connectivity index (χ1v) is 10.3. The molecule has 4 rings (SSSR count). The Bertz CT molecular complexity index is 801. The Morgan fingerprint density at radius 2 is 1.83 bits per heavy atom. The van der Waals surface area contributed by atoms with E-state index in [1.54, 1.807) is 23.1 Å². The molecule has 0 unspecified atom stereocenters. The van der Waals surface area contributed by atoms with E-state index in [0.29, 0.717) is 38.8 Å². The first-order chi connectivity index (χ1) is 14.0. The SMILES string of the molecule is O=C(CN1C(=O)NC2(CCCCC2)C1=O)N1CCC(Oc2ccccc2F)CC1. The van der Waals surface area contributed by atoms with Crippen LogP contribution in [0.25, 0.3) is 0 Å². The summed E-state index contributed by atoms with van der Waals surface area (Å²) in [5, 5.41) is 2.83. The maximum Gasteiger partial charge on any atom is 0.325 e. The third-order valence-corrected chi connectivity index (χ3v) is 6.17. The van der Waals surface area contributed by atoms with Crippen molar-refractivity contribution >= 4 is 17.8 Å². The highest BCUT2D eigenvalue weighted by Crippen LogP contribution is 2.33. The minimum absolute atomic E-state index is 0.168. The Balaban J connectivity index is 1.30. The Labute approximate surface area is 169 Å². The number of carbonyl (C=O) groups is 3. The molecule has 1 N–H and O–H groups in total. The molecule has 1 aromatic rings. The third-order valence-electron chi connectivity index (χ3n) is 6.17. The summed E-state index contributed by atoms with van der Waals surface area (Å²) in [6.45, 7) is 0.671. The van der Waals surface area contributed by atoms with Crippen LogP contribution in [0.3, 0.4) is 0 Å². The van der Waals surface area contributed by atoms with Gasteiger partial charge in [0.05, 0.1) is 0 Å². The van der Waals surface area contributed by atoms with Crippen LogP contribution in [0.1, 0.15) is 44.9 Å². The molecule has 0 radical (unpaired) electrons. The van der Waals surface area contributed by atoms with Crippen molar-refractivity contribution in [1.82, 2.24) is 15.1 Å². The number of nitrogens with one attached hydrogen (secondary N) is 1. The van der Waals surface area contributed by atoms with Gasteiger partial charge in [0.1, 0.15) is 18.2 Å². The van der Waals surface area contributed by atoms with Gasteiger partial charge < -0.3 is 15.0 Å². The van der Waals surface area contributed by atoms with Crippen molar-refractivity contribution in [2.24, 2.45) is 0 Å². The number of benzene rings is 1. The van der Waals surface area contributed by atoms with E-state index in [-0.39, 0.29) is 30.2 Å². The van der Waals surface area contributed by atoms with E-state index in [2.05, 4.69) is 5.32 Å². The molecule has 1 spiro atoms. The number of likely N-dealkylation sites (tertiary alicyclic amines) is 1. The van der Waals surface area contributed by atoms with Gasteiger partial charge in [-0.3, -0.25) is 14.5 Å². The van der Waals surface area contributed by atoms with Crippen LogP contribution in [-0.4, -0.2) is 58.9 Å². The second-order valence-corrected chi connectivity index (χ2v) is 8.09. The van der Waals surface area contributed by atoms with Crippen molar-refractivity contribution in [2.45, 2.75) is 56.6 Å². The predicted molar refractivity (Wildman–Crippen MR) is 103 cm³/mol. The van der Waals surface area contributed by atoms with E-state index >= 15 is 0 Å². The molecule has 0 aromatic heterocycles. The first kappa shape index (κ1) is 19.7. The molecule has 29 heavy (non-hydrogen) atoms. The molecule has 156 valence electrons. The van der Waals surface area contributed by atoms with Crippen molar-refractivity contribution in [3.63, 3.8) is 0 Å². The molecule has 3 aliphatic rings. The zero-order valence-electron chi connectivity index (χ0n) is 16.4. The molecule has 7 nitrogen and oxygen atoms in total. The average Bonchev–Trinajstić information content (AvgIpc) is 2.94. The van der Waals surface area contributed by atoms with E-state index in [1.807, 2.05) is 0 Å². The fraction of sp³-hybridized carbons (Fsp3) is 0.571. The summed E-state index contributed by atoms with van der Waals surface area (Å²) in [4.78, 5) is 40.5. The third kappa shape index (κ3) is 3.93. The van der Waals surface area contributed by atoms with E-state index in [1.165, 1.54) is 6.07 Å². The fourth-order valence-corrected chi connectivity index (χ4v) is 4.49. The van der Waals surface area contributed by atoms with Gasteiger partial charge in [0.2, 0.25) is 5.91 Å². The molecule has 1 aromatic carbocycles. The van der Waals surface area contributed by atoms with Gasteiger partial charge in [0.15, 0.2) is 11.6 Å². The number of amides is 4. The molecular formula is C21H26FN3O4. The number of hydrogen-bond donors (Lipinski definition) is 1. The highest BCUT2D eigenvalue weighted by molar-refractivity contribution is 6.09. The van der Waals surface area contributed by atoms with Crippen molar-refractivity contribution < 1.29 is 23.5 Å². The molecule has 2 aliphatic heterocycles. The van der Waals surface area contributed by atoms with Crippen LogP contribution < -0.4 is 10.1 Å². The number of halogens is 1. The zero-order chi connectivity index (χ0) is 20.4. The first-order valence-electron chi connectivity index (χ1n) is 10.3. The Kier molecular flexibility index (Phi) is 5.43. The molecule has 3 fully saturated rings. The molecule has 8 heteroatoms. The summed E-state index contributed by atoms with van der Waals surface area (Å²) < 4.78 is 19.5. The molecular weight excluding hydrogens is 377 g/mol. The molecule has 2 heterocycles. The van der Waals surface area contributed by atoms with Crippen molar-refractivity contribution in [2.75, 3.05) is 19.6 Å². The normalized spacial score (nSPS) is 22.1. The average molecular weight is 403 g/mol. The largest absolute Gasteiger partial charge is 0.487 e. The number of rotatable bonds is 4. The lowest BCUT2D eigenvalue weighted by Crippen LogP contribution is -2.50. The molecule has 2 saturated heterocycles. The van der Waals surface area contributed by atoms with Crippen LogP contribution in [0.2, 0.25) is 0 Å². The predicted octanol–water partition coefficient (Wildman–Crippen LogP) is 2.45. The zero-order valence-corrected chi connectivity index (χ0v) is 16.4. The van der Waals surface area contributed by atoms with E-state index in [4.69, 9.17) is 4.74 Å². The topological polar surface area (TPSA) is 79.0 Å². The number of piperidine rings is 1.